The zero-order chi connectivity index (χ0) is 16.6. The highest BCUT2D eigenvalue weighted by Crippen LogP contribution is 2.11. The molecule has 0 atom stereocenters. The molecule has 0 saturated heterocycles. The Morgan fingerprint density at radius 1 is 0.957 bits per heavy atom. The van der Waals surface area contributed by atoms with Gasteiger partial charge in [0.15, 0.2) is 6.73 Å². The minimum absolute atomic E-state index is 0.154. The predicted octanol–water partition coefficient (Wildman–Crippen LogP) is 3.81. The lowest BCUT2D eigenvalue weighted by Gasteiger charge is -2.16. The van der Waals surface area contributed by atoms with Gasteiger partial charge in [-0.05, 0) is 20.3 Å². The van der Waals surface area contributed by atoms with E-state index in [2.05, 4.69) is 18.7 Å². The Morgan fingerprint density at radius 2 is 1.57 bits per heavy atom. The van der Waals surface area contributed by atoms with E-state index in [0.29, 0.717) is 0 Å². The summed E-state index contributed by atoms with van der Waals surface area (Å²) < 4.78 is 16.4. The fraction of sp³-hybridized carbons (Fsp3) is 0.889. The topological polar surface area (TPSA) is 30.9 Å². The number of hydrogen-bond donors (Lipinski definition) is 0. The molecule has 0 aromatic carbocycles. The van der Waals surface area contributed by atoms with Crippen molar-refractivity contribution < 1.29 is 14.2 Å². The SMILES string of the molecule is CCOC(OCC)[SiH2]CCCCCCCCCCN1C=COC1. The van der Waals surface area contributed by atoms with Crippen molar-refractivity contribution in [1.82, 2.24) is 4.90 Å². The van der Waals surface area contributed by atoms with Crippen molar-refractivity contribution in [2.24, 2.45) is 0 Å². The van der Waals surface area contributed by atoms with E-state index >= 15 is 0 Å². The molecular formula is C18H37NO3Si. The zero-order valence-electron chi connectivity index (χ0n) is 15.3. The van der Waals surface area contributed by atoms with Crippen molar-refractivity contribution in [3.05, 3.63) is 12.5 Å². The Bertz CT molecular complexity index is 283. The third-order valence-corrected chi connectivity index (χ3v) is 6.05. The maximum absolute atomic E-state index is 5.63. The highest BCUT2D eigenvalue weighted by atomic mass is 28.2. The molecule has 0 amide bonds. The molecule has 0 aromatic heterocycles. The lowest BCUT2D eigenvalue weighted by Crippen LogP contribution is -2.24. The molecular weight excluding hydrogens is 306 g/mol. The molecule has 0 radical (unpaired) electrons. The fourth-order valence-electron chi connectivity index (χ4n) is 2.90. The molecule has 0 spiro atoms. The van der Waals surface area contributed by atoms with Crippen LogP contribution >= 0.6 is 0 Å². The molecule has 4 nitrogen and oxygen atoms in total. The van der Waals surface area contributed by atoms with Gasteiger partial charge in [-0.1, -0.05) is 51.0 Å². The predicted molar refractivity (Wildman–Crippen MR) is 99.1 cm³/mol. The quantitative estimate of drug-likeness (QED) is 0.242. The Morgan fingerprint density at radius 3 is 2.13 bits per heavy atom. The Balaban J connectivity index is 1.77. The molecule has 0 fully saturated rings. The standard InChI is InChI=1S/C18H37NO3Si/c1-3-21-18(22-4-2)23-16-12-10-8-6-5-7-9-11-13-19-14-15-20-17-19/h14-15,18H,3-13,16-17,23H2,1-2H3. The fourth-order valence-corrected chi connectivity index (χ4v) is 4.68. The summed E-state index contributed by atoms with van der Waals surface area (Å²) in [6.07, 6.45) is 14.8. The summed E-state index contributed by atoms with van der Waals surface area (Å²) in [4.78, 5) is 2.24. The molecule has 23 heavy (non-hydrogen) atoms. The number of unbranched alkanes of at least 4 members (excludes halogenated alkanes) is 7. The lowest BCUT2D eigenvalue weighted by molar-refractivity contribution is -0.0827. The molecule has 0 bridgehead atoms. The second-order valence-electron chi connectivity index (χ2n) is 6.20. The first-order valence-electron chi connectivity index (χ1n) is 9.62. The smallest absolute Gasteiger partial charge is 0.160 e. The van der Waals surface area contributed by atoms with E-state index in [-0.39, 0.29) is 15.4 Å². The first-order chi connectivity index (χ1) is 11.4. The third kappa shape index (κ3) is 11.6. The van der Waals surface area contributed by atoms with Crippen LogP contribution in [-0.4, -0.2) is 46.8 Å². The maximum atomic E-state index is 5.63. The molecule has 1 aliphatic heterocycles. The zero-order valence-corrected chi connectivity index (χ0v) is 16.7. The van der Waals surface area contributed by atoms with E-state index in [1.807, 2.05) is 6.20 Å². The molecule has 1 aliphatic rings. The maximum Gasteiger partial charge on any atom is 0.160 e. The second kappa shape index (κ2) is 15.0. The van der Waals surface area contributed by atoms with Gasteiger partial charge in [0.25, 0.3) is 0 Å². The second-order valence-corrected chi connectivity index (χ2v) is 8.16. The van der Waals surface area contributed by atoms with E-state index in [1.54, 1.807) is 6.26 Å². The highest BCUT2D eigenvalue weighted by molar-refractivity contribution is 6.36. The number of ether oxygens (including phenoxy) is 3. The van der Waals surface area contributed by atoms with Gasteiger partial charge < -0.3 is 19.1 Å². The number of nitrogens with zero attached hydrogens (tertiary/aromatic N) is 1. The summed E-state index contributed by atoms with van der Waals surface area (Å²) in [7, 11) is -0.220. The molecule has 136 valence electrons. The molecule has 0 aromatic rings. The van der Waals surface area contributed by atoms with Gasteiger partial charge >= 0.3 is 0 Å². The van der Waals surface area contributed by atoms with E-state index in [0.717, 1.165) is 26.5 Å². The van der Waals surface area contributed by atoms with Crippen molar-refractivity contribution in [3.8, 4) is 0 Å². The third-order valence-electron chi connectivity index (χ3n) is 4.20. The van der Waals surface area contributed by atoms with Gasteiger partial charge in [-0.3, -0.25) is 0 Å². The van der Waals surface area contributed by atoms with Crippen LogP contribution < -0.4 is 0 Å². The summed E-state index contributed by atoms with van der Waals surface area (Å²) in [6, 6.07) is 1.36. The summed E-state index contributed by atoms with van der Waals surface area (Å²) in [6.45, 7) is 7.54. The Labute approximate surface area is 145 Å². The van der Waals surface area contributed by atoms with Gasteiger partial charge in [0.05, 0.1) is 9.52 Å². The monoisotopic (exact) mass is 343 g/mol. The first-order valence-corrected chi connectivity index (χ1v) is 11.4. The average Bonchev–Trinajstić information content (AvgIpc) is 3.06. The van der Waals surface area contributed by atoms with Gasteiger partial charge in [0.1, 0.15) is 12.2 Å². The number of rotatable bonds is 16. The van der Waals surface area contributed by atoms with E-state index in [9.17, 15) is 0 Å². The van der Waals surface area contributed by atoms with Crippen LogP contribution in [0, 0.1) is 0 Å². The van der Waals surface area contributed by atoms with E-state index in [4.69, 9.17) is 14.2 Å². The molecule has 0 saturated carbocycles. The molecule has 0 unspecified atom stereocenters. The van der Waals surface area contributed by atoms with Crippen molar-refractivity contribution in [1.29, 1.82) is 0 Å². The molecule has 0 aliphatic carbocycles. The van der Waals surface area contributed by atoms with Crippen molar-refractivity contribution >= 4 is 9.52 Å². The summed E-state index contributed by atoms with van der Waals surface area (Å²) in [5.41, 5.74) is 0. The summed E-state index contributed by atoms with van der Waals surface area (Å²) >= 11 is 0. The Hall–Kier alpha value is -0.523. The summed E-state index contributed by atoms with van der Waals surface area (Å²) in [5.74, 6) is 0.154. The minimum atomic E-state index is -0.220. The van der Waals surface area contributed by atoms with Gasteiger partial charge in [0, 0.05) is 26.0 Å². The van der Waals surface area contributed by atoms with Crippen LogP contribution in [0.1, 0.15) is 65.2 Å². The molecule has 1 heterocycles. The van der Waals surface area contributed by atoms with Gasteiger partial charge in [0.2, 0.25) is 0 Å². The summed E-state index contributed by atoms with van der Waals surface area (Å²) in [5, 5.41) is 0. The van der Waals surface area contributed by atoms with Crippen LogP contribution in [0.15, 0.2) is 12.5 Å². The Kier molecular flexibility index (Phi) is 13.4. The van der Waals surface area contributed by atoms with Crippen LogP contribution in [0.25, 0.3) is 0 Å². The highest BCUT2D eigenvalue weighted by Gasteiger charge is 2.07. The van der Waals surface area contributed by atoms with Crippen molar-refractivity contribution in [3.63, 3.8) is 0 Å². The van der Waals surface area contributed by atoms with Gasteiger partial charge in [-0.2, -0.15) is 0 Å². The first kappa shape index (κ1) is 20.5. The number of hydrogen-bond acceptors (Lipinski definition) is 4. The van der Waals surface area contributed by atoms with Crippen LogP contribution in [-0.2, 0) is 14.2 Å². The normalized spacial score (nSPS) is 14.5. The molecule has 5 heteroatoms. The van der Waals surface area contributed by atoms with Crippen LogP contribution in [0.3, 0.4) is 0 Å². The molecule has 1 rings (SSSR count). The van der Waals surface area contributed by atoms with Crippen LogP contribution in [0.2, 0.25) is 6.04 Å². The van der Waals surface area contributed by atoms with Crippen molar-refractivity contribution in [2.45, 2.75) is 77.2 Å². The largest absolute Gasteiger partial charge is 0.479 e. The van der Waals surface area contributed by atoms with Crippen LogP contribution in [0.4, 0.5) is 0 Å². The lowest BCUT2D eigenvalue weighted by atomic mass is 10.1. The minimum Gasteiger partial charge on any atom is -0.479 e. The van der Waals surface area contributed by atoms with Gasteiger partial charge in [-0.25, -0.2) is 0 Å². The van der Waals surface area contributed by atoms with Crippen molar-refractivity contribution in [2.75, 3.05) is 26.5 Å². The van der Waals surface area contributed by atoms with E-state index < -0.39 is 0 Å². The van der Waals surface area contributed by atoms with E-state index in [1.165, 1.54) is 57.4 Å². The van der Waals surface area contributed by atoms with Gasteiger partial charge in [-0.15, -0.1) is 0 Å². The van der Waals surface area contributed by atoms with Crippen LogP contribution in [0.5, 0.6) is 0 Å². The average molecular weight is 344 g/mol. The molecule has 0 N–H and O–H groups in total.